The van der Waals surface area contributed by atoms with Gasteiger partial charge in [-0.05, 0) is 33.6 Å². The SMILES string of the molecule is CC(C)CC(=O)NC(C)(C)C(C)(C)O. The van der Waals surface area contributed by atoms with Crippen LogP contribution in [0.15, 0.2) is 0 Å². The van der Waals surface area contributed by atoms with Crippen LogP contribution in [0.3, 0.4) is 0 Å². The van der Waals surface area contributed by atoms with Crippen molar-refractivity contribution < 1.29 is 9.90 Å². The molecule has 0 aliphatic carbocycles. The van der Waals surface area contributed by atoms with E-state index in [0.29, 0.717) is 12.3 Å². The fraction of sp³-hybridized carbons (Fsp3) is 0.909. The van der Waals surface area contributed by atoms with E-state index < -0.39 is 11.1 Å². The minimum Gasteiger partial charge on any atom is -0.388 e. The Balaban J connectivity index is 4.30. The normalized spacial score (nSPS) is 13.1. The Hall–Kier alpha value is -0.570. The van der Waals surface area contributed by atoms with E-state index in [1.807, 2.05) is 27.7 Å². The molecule has 0 aromatic rings. The maximum Gasteiger partial charge on any atom is 0.220 e. The molecule has 0 heterocycles. The molecule has 0 unspecified atom stereocenters. The van der Waals surface area contributed by atoms with Crippen molar-refractivity contribution in [2.24, 2.45) is 5.92 Å². The summed E-state index contributed by atoms with van der Waals surface area (Å²) < 4.78 is 0. The summed E-state index contributed by atoms with van der Waals surface area (Å²) in [6.45, 7) is 11.0. The van der Waals surface area contributed by atoms with Crippen LogP contribution in [0.4, 0.5) is 0 Å². The molecule has 3 nitrogen and oxygen atoms in total. The van der Waals surface area contributed by atoms with Gasteiger partial charge in [0.05, 0.1) is 11.1 Å². The maximum atomic E-state index is 11.5. The van der Waals surface area contributed by atoms with Gasteiger partial charge in [0.1, 0.15) is 0 Å². The molecule has 0 saturated carbocycles. The second-order valence-corrected chi connectivity index (χ2v) is 5.33. The van der Waals surface area contributed by atoms with Crippen molar-refractivity contribution in [1.82, 2.24) is 5.32 Å². The van der Waals surface area contributed by atoms with Gasteiger partial charge in [-0.25, -0.2) is 0 Å². The van der Waals surface area contributed by atoms with E-state index in [0.717, 1.165) is 0 Å². The van der Waals surface area contributed by atoms with Crippen molar-refractivity contribution in [3.8, 4) is 0 Å². The molecule has 0 bridgehead atoms. The Morgan fingerprint density at radius 3 is 2.00 bits per heavy atom. The predicted molar refractivity (Wildman–Crippen MR) is 58.0 cm³/mol. The van der Waals surface area contributed by atoms with Crippen LogP contribution in [-0.2, 0) is 4.79 Å². The molecule has 0 aromatic carbocycles. The molecular formula is C11H23NO2. The third-order valence-electron chi connectivity index (χ3n) is 2.58. The van der Waals surface area contributed by atoms with Gasteiger partial charge in [0, 0.05) is 6.42 Å². The first kappa shape index (κ1) is 13.4. The molecule has 14 heavy (non-hydrogen) atoms. The Labute approximate surface area is 86.9 Å². The fourth-order valence-corrected chi connectivity index (χ4v) is 0.923. The maximum absolute atomic E-state index is 11.5. The van der Waals surface area contributed by atoms with Gasteiger partial charge >= 0.3 is 0 Å². The third kappa shape index (κ3) is 4.09. The molecule has 0 atom stereocenters. The van der Waals surface area contributed by atoms with Crippen LogP contribution in [-0.4, -0.2) is 22.2 Å². The Morgan fingerprint density at radius 2 is 1.71 bits per heavy atom. The van der Waals surface area contributed by atoms with E-state index in [1.54, 1.807) is 13.8 Å². The zero-order valence-corrected chi connectivity index (χ0v) is 10.1. The lowest BCUT2D eigenvalue weighted by Gasteiger charge is -2.38. The average molecular weight is 201 g/mol. The third-order valence-corrected chi connectivity index (χ3v) is 2.58. The van der Waals surface area contributed by atoms with Crippen molar-refractivity contribution in [3.05, 3.63) is 0 Å². The molecule has 1 amide bonds. The van der Waals surface area contributed by atoms with Crippen LogP contribution in [0.1, 0.15) is 48.0 Å². The van der Waals surface area contributed by atoms with Crippen LogP contribution in [0.25, 0.3) is 0 Å². The highest BCUT2D eigenvalue weighted by atomic mass is 16.3. The smallest absolute Gasteiger partial charge is 0.220 e. The quantitative estimate of drug-likeness (QED) is 0.727. The van der Waals surface area contributed by atoms with Crippen molar-refractivity contribution in [3.63, 3.8) is 0 Å². The molecule has 0 aromatic heterocycles. The number of carbonyl (C=O) groups excluding carboxylic acids is 1. The topological polar surface area (TPSA) is 49.3 Å². The minimum atomic E-state index is -0.917. The van der Waals surface area contributed by atoms with Gasteiger partial charge < -0.3 is 10.4 Å². The number of hydrogen-bond donors (Lipinski definition) is 2. The second-order valence-electron chi connectivity index (χ2n) is 5.33. The lowest BCUT2D eigenvalue weighted by atomic mass is 9.85. The summed E-state index contributed by atoms with van der Waals surface area (Å²) in [7, 11) is 0. The van der Waals surface area contributed by atoms with E-state index >= 15 is 0 Å². The first-order valence-electron chi connectivity index (χ1n) is 5.09. The van der Waals surface area contributed by atoms with E-state index in [4.69, 9.17) is 0 Å². The summed E-state index contributed by atoms with van der Waals surface area (Å²) in [5.41, 5.74) is -1.52. The summed E-state index contributed by atoms with van der Waals surface area (Å²) in [5, 5.41) is 12.7. The lowest BCUT2D eigenvalue weighted by Crippen LogP contribution is -2.57. The highest BCUT2D eigenvalue weighted by Crippen LogP contribution is 2.20. The van der Waals surface area contributed by atoms with Gasteiger partial charge in [-0.3, -0.25) is 4.79 Å². The molecule has 0 fully saturated rings. The van der Waals surface area contributed by atoms with Gasteiger partial charge in [-0.15, -0.1) is 0 Å². The highest BCUT2D eigenvalue weighted by molar-refractivity contribution is 5.77. The summed E-state index contributed by atoms with van der Waals surface area (Å²) in [4.78, 5) is 11.5. The molecule has 0 rings (SSSR count). The largest absolute Gasteiger partial charge is 0.388 e. The van der Waals surface area contributed by atoms with Gasteiger partial charge in [0.15, 0.2) is 0 Å². The van der Waals surface area contributed by atoms with Gasteiger partial charge in [-0.2, -0.15) is 0 Å². The molecule has 2 N–H and O–H groups in total. The number of rotatable bonds is 4. The van der Waals surface area contributed by atoms with Gasteiger partial charge in [-0.1, -0.05) is 13.8 Å². The van der Waals surface area contributed by atoms with Crippen LogP contribution in [0, 0.1) is 5.92 Å². The molecule has 0 radical (unpaired) electrons. The monoisotopic (exact) mass is 201 g/mol. The summed E-state index contributed by atoms with van der Waals surface area (Å²) in [6.07, 6.45) is 0.500. The first-order valence-corrected chi connectivity index (χ1v) is 5.09. The summed E-state index contributed by atoms with van der Waals surface area (Å²) >= 11 is 0. The molecule has 0 saturated heterocycles. The first-order chi connectivity index (χ1) is 6.06. The zero-order chi connectivity index (χ0) is 11.6. The van der Waals surface area contributed by atoms with Crippen LogP contribution in [0.5, 0.6) is 0 Å². The molecule has 3 heteroatoms. The average Bonchev–Trinajstić information content (AvgIpc) is 1.79. The van der Waals surface area contributed by atoms with Crippen molar-refractivity contribution in [1.29, 1.82) is 0 Å². The van der Waals surface area contributed by atoms with Crippen molar-refractivity contribution >= 4 is 5.91 Å². The summed E-state index contributed by atoms with van der Waals surface area (Å²) in [5.74, 6) is 0.333. The Kier molecular flexibility index (Phi) is 4.13. The molecule has 0 aliphatic heterocycles. The van der Waals surface area contributed by atoms with Crippen molar-refractivity contribution in [2.75, 3.05) is 0 Å². The number of aliphatic hydroxyl groups is 1. The number of hydrogen-bond acceptors (Lipinski definition) is 2. The van der Waals surface area contributed by atoms with Crippen LogP contribution < -0.4 is 5.32 Å². The lowest BCUT2D eigenvalue weighted by molar-refractivity contribution is -0.126. The standard InChI is InChI=1S/C11H23NO2/c1-8(2)7-9(13)12-10(3,4)11(5,6)14/h8,14H,7H2,1-6H3,(H,12,13). The molecular weight excluding hydrogens is 178 g/mol. The van der Waals surface area contributed by atoms with E-state index in [9.17, 15) is 9.90 Å². The predicted octanol–water partition coefficient (Wildman–Crippen LogP) is 1.70. The summed E-state index contributed by atoms with van der Waals surface area (Å²) in [6, 6.07) is 0. The fourth-order valence-electron chi connectivity index (χ4n) is 0.923. The molecule has 84 valence electrons. The van der Waals surface area contributed by atoms with Crippen LogP contribution >= 0.6 is 0 Å². The van der Waals surface area contributed by atoms with E-state index in [2.05, 4.69) is 5.32 Å². The minimum absolute atomic E-state index is 0.00729. The zero-order valence-electron chi connectivity index (χ0n) is 10.1. The molecule has 0 aliphatic rings. The molecule has 0 spiro atoms. The Bertz CT molecular complexity index is 202. The second kappa shape index (κ2) is 4.30. The van der Waals surface area contributed by atoms with Gasteiger partial charge in [0.25, 0.3) is 0 Å². The highest BCUT2D eigenvalue weighted by Gasteiger charge is 2.36. The number of nitrogens with one attached hydrogen (secondary N) is 1. The Morgan fingerprint density at radius 1 is 1.29 bits per heavy atom. The van der Waals surface area contributed by atoms with E-state index in [1.165, 1.54) is 0 Å². The van der Waals surface area contributed by atoms with Gasteiger partial charge in [0.2, 0.25) is 5.91 Å². The number of carbonyl (C=O) groups is 1. The van der Waals surface area contributed by atoms with Crippen molar-refractivity contribution in [2.45, 2.75) is 59.1 Å². The van der Waals surface area contributed by atoms with Crippen LogP contribution in [0.2, 0.25) is 0 Å². The van der Waals surface area contributed by atoms with E-state index in [-0.39, 0.29) is 5.91 Å². The number of amides is 1.